The van der Waals surface area contributed by atoms with Gasteiger partial charge in [0.25, 0.3) is 6.43 Å². The van der Waals surface area contributed by atoms with Crippen molar-refractivity contribution in [1.29, 1.82) is 0 Å². The molecule has 0 aliphatic heterocycles. The average molecular weight is 174 g/mol. The van der Waals surface area contributed by atoms with Crippen molar-refractivity contribution in [2.75, 3.05) is 0 Å². The van der Waals surface area contributed by atoms with Crippen LogP contribution in [0.2, 0.25) is 0 Å². The van der Waals surface area contributed by atoms with E-state index in [0.29, 0.717) is 5.69 Å². The zero-order valence-electron chi connectivity index (χ0n) is 6.18. The highest BCUT2D eigenvalue weighted by molar-refractivity contribution is 5.15. The van der Waals surface area contributed by atoms with Gasteiger partial charge in [0.1, 0.15) is 0 Å². The van der Waals surface area contributed by atoms with Crippen molar-refractivity contribution < 1.29 is 8.78 Å². The van der Waals surface area contributed by atoms with Crippen molar-refractivity contribution >= 4 is 0 Å². The van der Waals surface area contributed by atoms with Gasteiger partial charge in [-0.3, -0.25) is 4.79 Å². The summed E-state index contributed by atoms with van der Waals surface area (Å²) in [5.41, 5.74) is 4.44. The van der Waals surface area contributed by atoms with E-state index in [0.717, 1.165) is 12.3 Å². The van der Waals surface area contributed by atoms with E-state index in [4.69, 9.17) is 5.73 Å². The maximum Gasteiger partial charge on any atom is 0.269 e. The van der Waals surface area contributed by atoms with Gasteiger partial charge < -0.3 is 10.7 Å². The predicted molar refractivity (Wildman–Crippen MR) is 39.9 cm³/mol. The van der Waals surface area contributed by atoms with Crippen LogP contribution in [0.15, 0.2) is 17.1 Å². The lowest BCUT2D eigenvalue weighted by atomic mass is 10.2. The maximum atomic E-state index is 12.0. The fourth-order valence-corrected chi connectivity index (χ4v) is 0.813. The Morgan fingerprint density at radius 3 is 2.67 bits per heavy atom. The highest BCUT2D eigenvalue weighted by Gasteiger charge is 2.10. The molecular formula is C7H8F2N2O. The third kappa shape index (κ3) is 1.68. The van der Waals surface area contributed by atoms with Gasteiger partial charge in [-0.1, -0.05) is 0 Å². The number of halogens is 2. The average Bonchev–Trinajstić information content (AvgIpc) is 2.03. The van der Waals surface area contributed by atoms with Gasteiger partial charge >= 0.3 is 0 Å². The summed E-state index contributed by atoms with van der Waals surface area (Å²) in [6, 6.07) is 1.08. The number of hydrogen-bond donors (Lipinski definition) is 2. The summed E-state index contributed by atoms with van der Waals surface area (Å²) >= 11 is 0. The predicted octanol–water partition coefficient (Wildman–Crippen LogP) is 0.771. The second kappa shape index (κ2) is 3.44. The van der Waals surface area contributed by atoms with Crippen LogP contribution in [0, 0.1) is 0 Å². The lowest BCUT2D eigenvalue weighted by molar-refractivity contribution is 0.149. The van der Waals surface area contributed by atoms with Crippen LogP contribution in [0.5, 0.6) is 0 Å². The van der Waals surface area contributed by atoms with E-state index in [1.165, 1.54) is 0 Å². The smallest absolute Gasteiger partial charge is 0.269 e. The Labute approximate surface area is 67.2 Å². The number of alkyl halides is 2. The van der Waals surface area contributed by atoms with Crippen LogP contribution in [-0.2, 0) is 6.54 Å². The molecule has 0 aliphatic carbocycles. The van der Waals surface area contributed by atoms with Gasteiger partial charge in [-0.05, 0) is 0 Å². The van der Waals surface area contributed by atoms with Gasteiger partial charge in [0.05, 0.1) is 5.56 Å². The highest BCUT2D eigenvalue weighted by Crippen LogP contribution is 2.12. The number of nitrogens with one attached hydrogen (secondary N) is 1. The van der Waals surface area contributed by atoms with Crippen molar-refractivity contribution in [1.82, 2.24) is 4.98 Å². The zero-order valence-corrected chi connectivity index (χ0v) is 6.18. The molecular weight excluding hydrogens is 166 g/mol. The van der Waals surface area contributed by atoms with Gasteiger partial charge in [0, 0.05) is 24.5 Å². The van der Waals surface area contributed by atoms with E-state index < -0.39 is 17.4 Å². The molecule has 0 saturated heterocycles. The molecule has 1 aromatic rings. The van der Waals surface area contributed by atoms with Crippen molar-refractivity contribution in [2.24, 2.45) is 5.73 Å². The van der Waals surface area contributed by atoms with E-state index in [1.54, 1.807) is 0 Å². The molecule has 0 amide bonds. The molecule has 5 heteroatoms. The SMILES string of the molecule is NCc1cc(=O)c(C(F)F)c[nH]1. The van der Waals surface area contributed by atoms with Gasteiger partial charge in [0.15, 0.2) is 5.43 Å². The van der Waals surface area contributed by atoms with Crippen molar-refractivity contribution in [2.45, 2.75) is 13.0 Å². The largest absolute Gasteiger partial charge is 0.363 e. The minimum Gasteiger partial charge on any atom is -0.363 e. The van der Waals surface area contributed by atoms with Gasteiger partial charge in [-0.2, -0.15) is 0 Å². The molecule has 66 valence electrons. The first-order valence-corrected chi connectivity index (χ1v) is 3.35. The number of aromatic nitrogens is 1. The number of rotatable bonds is 2. The fraction of sp³-hybridized carbons (Fsp3) is 0.286. The van der Waals surface area contributed by atoms with Crippen molar-refractivity contribution in [3.8, 4) is 0 Å². The molecule has 0 fully saturated rings. The second-order valence-corrected chi connectivity index (χ2v) is 2.28. The van der Waals surface area contributed by atoms with Gasteiger partial charge in [-0.25, -0.2) is 8.78 Å². The fourth-order valence-electron chi connectivity index (χ4n) is 0.813. The van der Waals surface area contributed by atoms with Crippen LogP contribution in [0.3, 0.4) is 0 Å². The molecule has 12 heavy (non-hydrogen) atoms. The summed E-state index contributed by atoms with van der Waals surface area (Å²) in [5.74, 6) is 0. The number of nitrogens with two attached hydrogens (primary N) is 1. The Bertz CT molecular complexity index is 321. The Morgan fingerprint density at radius 2 is 2.25 bits per heavy atom. The molecule has 1 aromatic heterocycles. The number of aromatic amines is 1. The first-order valence-electron chi connectivity index (χ1n) is 3.35. The second-order valence-electron chi connectivity index (χ2n) is 2.28. The summed E-state index contributed by atoms with van der Waals surface area (Å²) < 4.78 is 24.0. The van der Waals surface area contributed by atoms with Crippen molar-refractivity contribution in [3.63, 3.8) is 0 Å². The van der Waals surface area contributed by atoms with Gasteiger partial charge in [-0.15, -0.1) is 0 Å². The topological polar surface area (TPSA) is 58.9 Å². The third-order valence-electron chi connectivity index (χ3n) is 1.46. The summed E-state index contributed by atoms with van der Waals surface area (Å²) in [7, 11) is 0. The van der Waals surface area contributed by atoms with E-state index in [9.17, 15) is 13.6 Å². The Kier molecular flexibility index (Phi) is 2.54. The molecule has 0 aromatic carbocycles. The number of H-pyrrole nitrogens is 1. The molecule has 1 rings (SSSR count). The lowest BCUT2D eigenvalue weighted by Gasteiger charge is -1.99. The summed E-state index contributed by atoms with van der Waals surface area (Å²) in [6.45, 7) is 0.138. The summed E-state index contributed by atoms with van der Waals surface area (Å²) in [6.07, 6.45) is -1.74. The van der Waals surface area contributed by atoms with Crippen LogP contribution in [0.4, 0.5) is 8.78 Å². The van der Waals surface area contributed by atoms with E-state index in [-0.39, 0.29) is 6.54 Å². The van der Waals surface area contributed by atoms with Crippen molar-refractivity contribution in [3.05, 3.63) is 33.7 Å². The standard InChI is InChI=1S/C7H8F2N2O/c8-7(9)5-3-11-4(2-10)1-6(5)12/h1,3,7H,2,10H2,(H,11,12). The van der Waals surface area contributed by atoms with Crippen LogP contribution in [-0.4, -0.2) is 4.98 Å². The summed E-state index contributed by atoms with van der Waals surface area (Å²) in [4.78, 5) is 13.4. The Morgan fingerprint density at radius 1 is 1.58 bits per heavy atom. The van der Waals surface area contributed by atoms with Crippen LogP contribution >= 0.6 is 0 Å². The third-order valence-corrected chi connectivity index (χ3v) is 1.46. The molecule has 3 N–H and O–H groups in total. The number of pyridine rings is 1. The molecule has 0 saturated carbocycles. The molecule has 1 heterocycles. The minimum atomic E-state index is -2.74. The monoisotopic (exact) mass is 174 g/mol. The molecule has 0 atom stereocenters. The Hall–Kier alpha value is -1.23. The van der Waals surface area contributed by atoms with Crippen LogP contribution < -0.4 is 11.2 Å². The van der Waals surface area contributed by atoms with E-state index in [1.807, 2.05) is 0 Å². The normalized spacial score (nSPS) is 10.7. The first kappa shape index (κ1) is 8.86. The molecule has 0 bridgehead atoms. The van der Waals surface area contributed by atoms with Gasteiger partial charge in [0.2, 0.25) is 0 Å². The molecule has 0 aliphatic rings. The molecule has 0 spiro atoms. The van der Waals surface area contributed by atoms with Crippen LogP contribution in [0.25, 0.3) is 0 Å². The molecule has 3 nitrogen and oxygen atoms in total. The minimum absolute atomic E-state index is 0.138. The van der Waals surface area contributed by atoms with Crippen LogP contribution in [0.1, 0.15) is 17.7 Å². The highest BCUT2D eigenvalue weighted by atomic mass is 19.3. The lowest BCUT2D eigenvalue weighted by Crippen LogP contribution is -2.12. The maximum absolute atomic E-state index is 12.0. The number of hydrogen-bond acceptors (Lipinski definition) is 2. The molecule has 0 unspecified atom stereocenters. The van der Waals surface area contributed by atoms with E-state index >= 15 is 0 Å². The quantitative estimate of drug-likeness (QED) is 0.695. The zero-order chi connectivity index (χ0) is 9.14. The Balaban J connectivity index is 3.12. The summed E-state index contributed by atoms with van der Waals surface area (Å²) in [5, 5.41) is 0. The van der Waals surface area contributed by atoms with E-state index in [2.05, 4.69) is 4.98 Å². The molecule has 0 radical (unpaired) electrons. The first-order chi connectivity index (χ1) is 5.65.